The highest BCUT2D eigenvalue weighted by molar-refractivity contribution is 8.00. The average molecular weight is 284 g/mol. The lowest BCUT2D eigenvalue weighted by Crippen LogP contribution is -2.37. The monoisotopic (exact) mass is 284 g/mol. The molecule has 0 amide bonds. The topological polar surface area (TPSA) is 15.3 Å². The molecule has 0 radical (unpaired) electrons. The summed E-state index contributed by atoms with van der Waals surface area (Å²) in [6, 6.07) is 0. The van der Waals surface area contributed by atoms with Crippen LogP contribution in [-0.4, -0.2) is 48.9 Å². The van der Waals surface area contributed by atoms with Crippen molar-refractivity contribution in [2.45, 2.75) is 31.7 Å². The number of thioether (sulfide) groups is 1. The van der Waals surface area contributed by atoms with E-state index in [1.165, 1.54) is 0 Å². The summed E-state index contributed by atoms with van der Waals surface area (Å²) in [5.74, 6) is 0.794. The number of hydrogen-bond acceptors (Lipinski definition) is 3. The van der Waals surface area contributed by atoms with Gasteiger partial charge in [0, 0.05) is 18.8 Å². The van der Waals surface area contributed by atoms with E-state index in [9.17, 15) is 13.2 Å². The van der Waals surface area contributed by atoms with Crippen LogP contribution in [0.25, 0.3) is 0 Å². The Morgan fingerprint density at radius 1 is 1.22 bits per heavy atom. The molecule has 0 bridgehead atoms. The van der Waals surface area contributed by atoms with Crippen molar-refractivity contribution in [1.29, 1.82) is 0 Å². The van der Waals surface area contributed by atoms with E-state index >= 15 is 0 Å². The molecule has 1 aliphatic heterocycles. The Morgan fingerprint density at radius 3 is 2.44 bits per heavy atom. The highest BCUT2D eigenvalue weighted by Crippen LogP contribution is 2.30. The first kappa shape index (κ1) is 16.1. The fraction of sp³-hybridized carbons (Fsp3) is 1.00. The van der Waals surface area contributed by atoms with Gasteiger partial charge < -0.3 is 10.2 Å². The van der Waals surface area contributed by atoms with Gasteiger partial charge in [0.25, 0.3) is 0 Å². The average Bonchev–Trinajstić information content (AvgIpc) is 2.29. The third-order valence-electron chi connectivity index (χ3n) is 3.19. The number of rotatable bonds is 7. The summed E-state index contributed by atoms with van der Waals surface area (Å²) < 4.78 is 36.3. The zero-order valence-electron chi connectivity index (χ0n) is 10.9. The normalized spacial score (nSPS) is 18.5. The van der Waals surface area contributed by atoms with Gasteiger partial charge in [0.2, 0.25) is 0 Å². The molecule has 18 heavy (non-hydrogen) atoms. The van der Waals surface area contributed by atoms with Gasteiger partial charge in [-0.3, -0.25) is 0 Å². The van der Waals surface area contributed by atoms with Crippen LogP contribution in [0.1, 0.15) is 26.2 Å². The molecule has 1 rings (SSSR count). The van der Waals surface area contributed by atoms with Crippen molar-refractivity contribution in [2.75, 3.05) is 38.5 Å². The second-order valence-corrected chi connectivity index (χ2v) is 5.95. The highest BCUT2D eigenvalue weighted by Gasteiger charge is 2.28. The van der Waals surface area contributed by atoms with E-state index in [0.29, 0.717) is 12.5 Å². The van der Waals surface area contributed by atoms with Crippen LogP contribution in [0, 0.1) is 5.92 Å². The van der Waals surface area contributed by atoms with Crippen molar-refractivity contribution in [1.82, 2.24) is 10.2 Å². The minimum absolute atomic E-state index is 0.0958. The molecule has 2 nitrogen and oxygen atoms in total. The van der Waals surface area contributed by atoms with E-state index < -0.39 is 5.51 Å². The van der Waals surface area contributed by atoms with Gasteiger partial charge in [-0.1, -0.05) is 6.92 Å². The first-order valence-corrected chi connectivity index (χ1v) is 7.63. The first-order chi connectivity index (χ1) is 8.51. The minimum atomic E-state index is -4.09. The molecule has 1 fully saturated rings. The molecule has 0 aromatic rings. The molecule has 1 aliphatic rings. The smallest absolute Gasteiger partial charge is 0.317 e. The van der Waals surface area contributed by atoms with Crippen molar-refractivity contribution < 1.29 is 13.2 Å². The van der Waals surface area contributed by atoms with Gasteiger partial charge in [0.15, 0.2) is 0 Å². The summed E-state index contributed by atoms with van der Waals surface area (Å²) in [6.45, 7) is 6.56. The third kappa shape index (κ3) is 7.48. The molecule has 1 N–H and O–H groups in total. The molecule has 0 aliphatic carbocycles. The fourth-order valence-electron chi connectivity index (χ4n) is 2.33. The number of hydrogen-bond donors (Lipinski definition) is 1. The second kappa shape index (κ2) is 8.27. The van der Waals surface area contributed by atoms with E-state index in [2.05, 4.69) is 17.1 Å². The first-order valence-electron chi connectivity index (χ1n) is 6.65. The number of halogens is 3. The van der Waals surface area contributed by atoms with Crippen LogP contribution >= 0.6 is 11.8 Å². The van der Waals surface area contributed by atoms with E-state index in [4.69, 9.17) is 0 Å². The maximum atomic E-state index is 12.1. The van der Waals surface area contributed by atoms with E-state index in [-0.39, 0.29) is 17.5 Å². The lowest BCUT2D eigenvalue weighted by Gasteiger charge is -2.29. The Kier molecular flexibility index (Phi) is 7.41. The summed E-state index contributed by atoms with van der Waals surface area (Å²) >= 11 is 0.0958. The van der Waals surface area contributed by atoms with E-state index in [1.807, 2.05) is 0 Å². The van der Waals surface area contributed by atoms with Gasteiger partial charge in [0.05, 0.1) is 0 Å². The Morgan fingerprint density at radius 2 is 1.89 bits per heavy atom. The summed E-state index contributed by atoms with van der Waals surface area (Å²) in [7, 11) is 0. The fourth-order valence-corrected chi connectivity index (χ4v) is 2.91. The van der Waals surface area contributed by atoms with Gasteiger partial charge in [-0.05, 0) is 56.6 Å². The standard InChI is InChI=1S/C12H23F3N2S/c1-2-7-17(8-9-18-12(13,14)15)10-11-3-5-16-6-4-11/h11,16H,2-10H2,1H3. The van der Waals surface area contributed by atoms with Crippen molar-refractivity contribution in [2.24, 2.45) is 5.92 Å². The van der Waals surface area contributed by atoms with Crippen LogP contribution in [0.4, 0.5) is 13.2 Å². The molecule has 1 saturated heterocycles. The Balaban J connectivity index is 2.25. The van der Waals surface area contributed by atoms with Crippen LogP contribution in [-0.2, 0) is 0 Å². The molecule has 1 heterocycles. The number of piperidine rings is 1. The molecule has 0 spiro atoms. The molecule has 0 saturated carbocycles. The maximum absolute atomic E-state index is 12.1. The summed E-state index contributed by atoms with van der Waals surface area (Å²) in [5.41, 5.74) is -4.09. The number of nitrogens with one attached hydrogen (secondary N) is 1. The Hall–Kier alpha value is 0.0600. The molecule has 0 aromatic heterocycles. The molecule has 6 heteroatoms. The SMILES string of the molecule is CCCN(CCSC(F)(F)F)CC1CCNCC1. The molecular formula is C12H23F3N2S. The lowest BCUT2D eigenvalue weighted by atomic mass is 9.97. The molecule has 0 aromatic carbocycles. The lowest BCUT2D eigenvalue weighted by molar-refractivity contribution is -0.0328. The van der Waals surface area contributed by atoms with Gasteiger partial charge in [-0.15, -0.1) is 0 Å². The Bertz CT molecular complexity index is 218. The van der Waals surface area contributed by atoms with Crippen LogP contribution in [0.2, 0.25) is 0 Å². The highest BCUT2D eigenvalue weighted by atomic mass is 32.2. The Labute approximate surface area is 112 Å². The van der Waals surface area contributed by atoms with Crippen molar-refractivity contribution >= 4 is 11.8 Å². The summed E-state index contributed by atoms with van der Waals surface area (Å²) in [6.07, 6.45) is 3.29. The molecule has 0 unspecified atom stereocenters. The summed E-state index contributed by atoms with van der Waals surface area (Å²) in [4.78, 5) is 2.19. The zero-order chi connectivity index (χ0) is 13.4. The predicted octanol–water partition coefficient (Wildman–Crippen LogP) is 2.95. The van der Waals surface area contributed by atoms with E-state index in [0.717, 1.165) is 45.4 Å². The quantitative estimate of drug-likeness (QED) is 0.774. The van der Waals surface area contributed by atoms with Gasteiger partial charge >= 0.3 is 5.51 Å². The van der Waals surface area contributed by atoms with Gasteiger partial charge in [0.1, 0.15) is 0 Å². The number of nitrogens with zero attached hydrogens (tertiary/aromatic N) is 1. The molecule has 0 atom stereocenters. The zero-order valence-corrected chi connectivity index (χ0v) is 11.7. The van der Waals surface area contributed by atoms with E-state index in [1.54, 1.807) is 0 Å². The largest absolute Gasteiger partial charge is 0.441 e. The van der Waals surface area contributed by atoms with Crippen molar-refractivity contribution in [3.63, 3.8) is 0 Å². The predicted molar refractivity (Wildman–Crippen MR) is 70.8 cm³/mol. The van der Waals surface area contributed by atoms with Crippen LogP contribution in [0.3, 0.4) is 0 Å². The van der Waals surface area contributed by atoms with Crippen molar-refractivity contribution in [3.05, 3.63) is 0 Å². The maximum Gasteiger partial charge on any atom is 0.441 e. The van der Waals surface area contributed by atoms with Crippen molar-refractivity contribution in [3.8, 4) is 0 Å². The summed E-state index contributed by atoms with van der Waals surface area (Å²) in [5, 5.41) is 3.31. The minimum Gasteiger partial charge on any atom is -0.317 e. The number of alkyl halides is 3. The van der Waals surface area contributed by atoms with Gasteiger partial charge in [-0.2, -0.15) is 13.2 Å². The molecular weight excluding hydrogens is 261 g/mol. The van der Waals surface area contributed by atoms with Crippen LogP contribution < -0.4 is 5.32 Å². The van der Waals surface area contributed by atoms with Crippen LogP contribution in [0.15, 0.2) is 0 Å². The molecule has 108 valence electrons. The third-order valence-corrected chi connectivity index (χ3v) is 3.90. The van der Waals surface area contributed by atoms with Gasteiger partial charge in [-0.25, -0.2) is 0 Å². The second-order valence-electron chi connectivity index (χ2n) is 4.79. The van der Waals surface area contributed by atoms with Crippen LogP contribution in [0.5, 0.6) is 0 Å².